The lowest BCUT2D eigenvalue weighted by molar-refractivity contribution is 0.438. The third-order valence-electron chi connectivity index (χ3n) is 3.49. The van der Waals surface area contributed by atoms with Crippen molar-refractivity contribution >= 4 is 36.8 Å². The first-order valence-electron chi connectivity index (χ1n) is 6.65. The molecule has 1 fully saturated rings. The van der Waals surface area contributed by atoms with E-state index in [0.717, 1.165) is 10.0 Å². The van der Waals surface area contributed by atoms with Crippen LogP contribution < -0.4 is 5.32 Å². The lowest BCUT2D eigenvalue weighted by Crippen LogP contribution is -2.42. The zero-order valence-corrected chi connectivity index (χ0v) is 15.3. The zero-order valence-electron chi connectivity index (χ0n) is 12.1. The summed E-state index contributed by atoms with van der Waals surface area (Å²) in [5, 5.41) is 3.03. The van der Waals surface area contributed by atoms with E-state index in [2.05, 4.69) is 21.2 Å². The van der Waals surface area contributed by atoms with E-state index in [4.69, 9.17) is 0 Å². The Bertz CT molecular complexity index is 652. The van der Waals surface area contributed by atoms with Crippen molar-refractivity contribution in [1.29, 1.82) is 0 Å². The lowest BCUT2D eigenvalue weighted by Gasteiger charge is -2.26. The number of nitrogens with zero attached hydrogens (tertiary/aromatic N) is 1. The van der Waals surface area contributed by atoms with Gasteiger partial charge in [0.1, 0.15) is 0 Å². The zero-order chi connectivity index (χ0) is 15.6. The fourth-order valence-electron chi connectivity index (χ4n) is 2.28. The third-order valence-corrected chi connectivity index (χ3v) is 7.62. The molecule has 21 heavy (non-hydrogen) atoms. The average Bonchev–Trinajstić information content (AvgIpc) is 2.43. The van der Waals surface area contributed by atoms with Gasteiger partial charge in [0.25, 0.3) is 0 Å². The quantitative estimate of drug-likeness (QED) is 0.833. The second-order valence-electron chi connectivity index (χ2n) is 4.98. The largest absolute Gasteiger partial charge is 0.316 e. The minimum absolute atomic E-state index is 0.322. The van der Waals surface area contributed by atoms with E-state index in [1.54, 1.807) is 13.0 Å². The van der Waals surface area contributed by atoms with E-state index in [1.807, 2.05) is 13.1 Å². The molecule has 0 bridgehead atoms. The van der Waals surface area contributed by atoms with E-state index < -0.39 is 20.8 Å². The summed E-state index contributed by atoms with van der Waals surface area (Å²) in [6.45, 7) is 3.04. The molecule has 0 aromatic heterocycles. The van der Waals surface area contributed by atoms with Crippen molar-refractivity contribution in [3.63, 3.8) is 0 Å². The molecule has 0 unspecified atom stereocenters. The molecule has 1 N–H and O–H groups in total. The molecule has 1 aromatic carbocycles. The van der Waals surface area contributed by atoms with Crippen LogP contribution in [0.3, 0.4) is 0 Å². The molecule has 1 heterocycles. The number of hydrogen-bond acceptors (Lipinski definition) is 4. The SMILES string of the molecule is CNCc1cc(Br)c(C)c(S(=O)(=O)N2CCS(=O)CC2)c1. The minimum atomic E-state index is -3.54. The van der Waals surface area contributed by atoms with Gasteiger partial charge in [0.05, 0.1) is 4.90 Å². The molecule has 0 aliphatic carbocycles. The van der Waals surface area contributed by atoms with Crippen LogP contribution in [0, 0.1) is 6.92 Å². The Kier molecular flexibility index (Phi) is 5.59. The minimum Gasteiger partial charge on any atom is -0.316 e. The van der Waals surface area contributed by atoms with Crippen LogP contribution in [-0.2, 0) is 27.4 Å². The highest BCUT2D eigenvalue weighted by molar-refractivity contribution is 9.10. The predicted molar refractivity (Wildman–Crippen MR) is 88.3 cm³/mol. The smallest absolute Gasteiger partial charge is 0.243 e. The highest BCUT2D eigenvalue weighted by Crippen LogP contribution is 2.28. The van der Waals surface area contributed by atoms with E-state index in [-0.39, 0.29) is 0 Å². The Hall–Kier alpha value is -0.280. The van der Waals surface area contributed by atoms with Crippen LogP contribution in [0.1, 0.15) is 11.1 Å². The van der Waals surface area contributed by atoms with Crippen LogP contribution >= 0.6 is 15.9 Å². The van der Waals surface area contributed by atoms with E-state index >= 15 is 0 Å². The predicted octanol–water partition coefficient (Wildman–Crippen LogP) is 1.23. The van der Waals surface area contributed by atoms with Crippen LogP contribution in [0.4, 0.5) is 0 Å². The fraction of sp³-hybridized carbons (Fsp3) is 0.538. The van der Waals surface area contributed by atoms with Crippen LogP contribution in [0.15, 0.2) is 21.5 Å². The number of hydrogen-bond donors (Lipinski definition) is 1. The first-order chi connectivity index (χ1) is 9.86. The van der Waals surface area contributed by atoms with Gasteiger partial charge >= 0.3 is 0 Å². The normalized spacial score (nSPS) is 18.0. The Morgan fingerprint density at radius 3 is 2.52 bits per heavy atom. The average molecular weight is 395 g/mol. The van der Waals surface area contributed by atoms with Gasteiger partial charge in [0.15, 0.2) is 0 Å². The number of benzene rings is 1. The highest BCUT2D eigenvalue weighted by Gasteiger charge is 2.30. The van der Waals surface area contributed by atoms with Crippen molar-refractivity contribution in [2.75, 3.05) is 31.6 Å². The van der Waals surface area contributed by atoms with Crippen molar-refractivity contribution in [3.8, 4) is 0 Å². The Labute approximate surface area is 136 Å². The van der Waals surface area contributed by atoms with Gasteiger partial charge in [-0.05, 0) is 37.2 Å². The molecule has 0 radical (unpaired) electrons. The summed E-state index contributed by atoms with van der Waals surface area (Å²) in [4.78, 5) is 0.329. The second kappa shape index (κ2) is 6.87. The highest BCUT2D eigenvalue weighted by atomic mass is 79.9. The number of nitrogens with one attached hydrogen (secondary N) is 1. The Morgan fingerprint density at radius 2 is 1.95 bits per heavy atom. The summed E-state index contributed by atoms with van der Waals surface area (Å²) in [5.74, 6) is 0.825. The van der Waals surface area contributed by atoms with Crippen LogP contribution in [-0.4, -0.2) is 48.6 Å². The van der Waals surface area contributed by atoms with E-state index in [1.165, 1.54) is 4.31 Å². The molecule has 0 atom stereocenters. The van der Waals surface area contributed by atoms with Gasteiger partial charge in [0, 0.05) is 46.4 Å². The van der Waals surface area contributed by atoms with Crippen molar-refractivity contribution in [2.45, 2.75) is 18.4 Å². The summed E-state index contributed by atoms with van der Waals surface area (Å²) in [6.07, 6.45) is 0. The maximum Gasteiger partial charge on any atom is 0.243 e. The molecule has 118 valence electrons. The maximum atomic E-state index is 12.8. The van der Waals surface area contributed by atoms with E-state index in [9.17, 15) is 12.6 Å². The van der Waals surface area contributed by atoms with Gasteiger partial charge in [-0.25, -0.2) is 8.42 Å². The monoisotopic (exact) mass is 394 g/mol. The number of sulfonamides is 1. The molecule has 0 spiro atoms. The van der Waals surface area contributed by atoms with Gasteiger partial charge in [-0.3, -0.25) is 4.21 Å². The number of rotatable bonds is 4. The molecule has 1 aliphatic heterocycles. The first kappa shape index (κ1) is 17.1. The fourth-order valence-corrected chi connectivity index (χ4v) is 5.94. The molecule has 1 saturated heterocycles. The first-order valence-corrected chi connectivity index (χ1v) is 10.4. The van der Waals surface area contributed by atoms with Crippen molar-refractivity contribution in [1.82, 2.24) is 9.62 Å². The summed E-state index contributed by atoms with van der Waals surface area (Å²) in [6, 6.07) is 3.65. The standard InChI is InChI=1S/C13H19BrN2O3S2/c1-10-12(14)7-11(9-15-2)8-13(10)21(18,19)16-3-5-20(17)6-4-16/h7-8,15H,3-6,9H2,1-2H3. The molecule has 2 rings (SSSR count). The van der Waals surface area contributed by atoms with Gasteiger partial charge in [-0.15, -0.1) is 0 Å². The summed E-state index contributed by atoms with van der Waals surface area (Å²) < 4.78 is 39.2. The molecule has 1 aromatic rings. The van der Waals surface area contributed by atoms with Crippen LogP contribution in [0.25, 0.3) is 0 Å². The second-order valence-corrected chi connectivity index (χ2v) is 9.44. The Morgan fingerprint density at radius 1 is 1.33 bits per heavy atom. The third kappa shape index (κ3) is 3.73. The van der Waals surface area contributed by atoms with Crippen molar-refractivity contribution in [3.05, 3.63) is 27.7 Å². The van der Waals surface area contributed by atoms with Gasteiger partial charge in [0.2, 0.25) is 10.0 Å². The molecular formula is C13H19BrN2O3S2. The van der Waals surface area contributed by atoms with E-state index in [0.29, 0.717) is 41.6 Å². The Balaban J connectivity index is 2.41. The van der Waals surface area contributed by atoms with Crippen molar-refractivity contribution < 1.29 is 12.6 Å². The van der Waals surface area contributed by atoms with Gasteiger partial charge < -0.3 is 5.32 Å². The maximum absolute atomic E-state index is 12.8. The molecular weight excluding hydrogens is 376 g/mol. The van der Waals surface area contributed by atoms with Crippen LogP contribution in [0.5, 0.6) is 0 Å². The molecule has 0 amide bonds. The molecule has 8 heteroatoms. The van der Waals surface area contributed by atoms with Gasteiger partial charge in [-0.2, -0.15) is 4.31 Å². The molecule has 0 saturated carbocycles. The topological polar surface area (TPSA) is 66.5 Å². The molecule has 1 aliphatic rings. The summed E-state index contributed by atoms with van der Waals surface area (Å²) in [7, 11) is -2.61. The van der Waals surface area contributed by atoms with Gasteiger partial charge in [-0.1, -0.05) is 15.9 Å². The van der Waals surface area contributed by atoms with Crippen LogP contribution in [0.2, 0.25) is 0 Å². The summed E-state index contributed by atoms with van der Waals surface area (Å²) in [5.41, 5.74) is 1.62. The number of halogens is 1. The molecule has 5 nitrogen and oxygen atoms in total. The lowest BCUT2D eigenvalue weighted by atomic mass is 10.1. The summed E-state index contributed by atoms with van der Waals surface area (Å²) >= 11 is 3.43. The van der Waals surface area contributed by atoms with Crippen molar-refractivity contribution in [2.24, 2.45) is 0 Å².